The van der Waals surface area contributed by atoms with E-state index in [0.717, 1.165) is 12.0 Å². The van der Waals surface area contributed by atoms with Gasteiger partial charge in [-0.2, -0.15) is 0 Å². The van der Waals surface area contributed by atoms with E-state index < -0.39 is 4.92 Å². The number of phenols is 1. The second kappa shape index (κ2) is 5.12. The molecule has 1 rings (SSSR count). The Bertz CT molecular complexity index is 504. The van der Waals surface area contributed by atoms with Crippen LogP contribution in [-0.4, -0.2) is 10.0 Å². The van der Waals surface area contributed by atoms with Crippen LogP contribution >= 0.6 is 15.9 Å². The van der Waals surface area contributed by atoms with Gasteiger partial charge in [0.1, 0.15) is 0 Å². The molecule has 0 atom stereocenters. The molecule has 0 amide bonds. The number of nitro groups is 1. The number of nitro benzene ring substituents is 1. The molecule has 106 valence electrons. The molecule has 0 aliphatic rings. The zero-order chi connectivity index (χ0) is 15.0. The summed E-state index contributed by atoms with van der Waals surface area (Å²) in [5, 5.41) is 20.7. The van der Waals surface area contributed by atoms with Crippen molar-refractivity contribution in [2.24, 2.45) is 5.41 Å². The van der Waals surface area contributed by atoms with Gasteiger partial charge in [0, 0.05) is 6.07 Å². The van der Waals surface area contributed by atoms with Gasteiger partial charge in [-0.1, -0.05) is 34.6 Å². The molecular weight excluding hydrogens is 310 g/mol. The van der Waals surface area contributed by atoms with Crippen molar-refractivity contribution < 1.29 is 10.0 Å². The Hall–Kier alpha value is -1.10. The monoisotopic (exact) mass is 329 g/mol. The molecule has 5 heteroatoms. The highest BCUT2D eigenvalue weighted by atomic mass is 79.9. The van der Waals surface area contributed by atoms with Gasteiger partial charge in [-0.3, -0.25) is 10.1 Å². The fourth-order valence-corrected chi connectivity index (χ4v) is 2.99. The Balaban J connectivity index is 3.32. The Morgan fingerprint density at radius 3 is 2.21 bits per heavy atom. The molecule has 0 radical (unpaired) electrons. The van der Waals surface area contributed by atoms with E-state index in [4.69, 9.17) is 0 Å². The van der Waals surface area contributed by atoms with Crippen LogP contribution in [0.5, 0.6) is 5.75 Å². The van der Waals surface area contributed by atoms with Crippen LogP contribution in [0.1, 0.15) is 46.6 Å². The first kappa shape index (κ1) is 16.0. The van der Waals surface area contributed by atoms with Crippen molar-refractivity contribution in [3.63, 3.8) is 0 Å². The van der Waals surface area contributed by atoms with Crippen molar-refractivity contribution in [1.82, 2.24) is 0 Å². The summed E-state index contributed by atoms with van der Waals surface area (Å²) >= 11 is 3.18. The molecule has 0 spiro atoms. The van der Waals surface area contributed by atoms with Gasteiger partial charge < -0.3 is 5.11 Å². The maximum absolute atomic E-state index is 11.0. The number of rotatable bonds is 3. The Kier molecular flexibility index (Phi) is 4.30. The fourth-order valence-electron chi connectivity index (χ4n) is 2.54. The molecule has 19 heavy (non-hydrogen) atoms. The summed E-state index contributed by atoms with van der Waals surface area (Å²) in [6, 6.07) is 3.22. The molecule has 0 aliphatic heterocycles. The number of aromatic hydroxyl groups is 1. The average Bonchev–Trinajstić information content (AvgIpc) is 2.17. The van der Waals surface area contributed by atoms with Crippen LogP contribution in [-0.2, 0) is 5.41 Å². The fraction of sp³-hybridized carbons (Fsp3) is 0.571. The lowest BCUT2D eigenvalue weighted by Crippen LogP contribution is -2.25. The highest BCUT2D eigenvalue weighted by Gasteiger charge is 2.30. The van der Waals surface area contributed by atoms with E-state index in [-0.39, 0.29) is 22.3 Å². The Morgan fingerprint density at radius 2 is 1.79 bits per heavy atom. The lowest BCUT2D eigenvalue weighted by atomic mass is 9.72. The summed E-state index contributed by atoms with van der Waals surface area (Å²) in [5.41, 5.74) is 0.493. The van der Waals surface area contributed by atoms with Crippen LogP contribution in [0.25, 0.3) is 0 Å². The van der Waals surface area contributed by atoms with Crippen molar-refractivity contribution in [2.45, 2.75) is 46.5 Å². The molecular formula is C14H20BrNO3. The smallest absolute Gasteiger partial charge is 0.312 e. The average molecular weight is 330 g/mol. The van der Waals surface area contributed by atoms with Crippen LogP contribution in [0.2, 0.25) is 0 Å². The normalized spacial score (nSPS) is 12.5. The minimum absolute atomic E-state index is 0.114. The van der Waals surface area contributed by atoms with Crippen molar-refractivity contribution in [2.75, 3.05) is 0 Å². The van der Waals surface area contributed by atoms with E-state index >= 15 is 0 Å². The number of hydrogen-bond donors (Lipinski definition) is 1. The Labute approximate surface area is 122 Å². The van der Waals surface area contributed by atoms with Gasteiger partial charge in [0.25, 0.3) is 0 Å². The van der Waals surface area contributed by atoms with Crippen molar-refractivity contribution in [3.8, 4) is 5.75 Å². The molecule has 0 saturated heterocycles. The predicted octanol–water partition coefficient (Wildman–Crippen LogP) is 4.78. The lowest BCUT2D eigenvalue weighted by molar-refractivity contribution is -0.386. The summed E-state index contributed by atoms with van der Waals surface area (Å²) in [4.78, 5) is 10.4. The summed E-state index contributed by atoms with van der Waals surface area (Å²) in [6.45, 7) is 10.5. The van der Waals surface area contributed by atoms with E-state index in [2.05, 4.69) is 50.5 Å². The molecule has 0 aromatic heterocycles. The van der Waals surface area contributed by atoms with Crippen LogP contribution in [0, 0.1) is 15.5 Å². The second-order valence-corrected chi connectivity index (χ2v) is 7.56. The maximum atomic E-state index is 11.0. The maximum Gasteiger partial charge on any atom is 0.312 e. The number of nitrogens with zero attached hydrogens (tertiary/aromatic N) is 1. The highest BCUT2D eigenvalue weighted by Crippen LogP contribution is 2.42. The van der Waals surface area contributed by atoms with Crippen molar-refractivity contribution in [3.05, 3.63) is 32.3 Å². The predicted molar refractivity (Wildman–Crippen MR) is 79.6 cm³/mol. The Morgan fingerprint density at radius 1 is 1.26 bits per heavy atom. The third kappa shape index (κ3) is 3.93. The SMILES string of the molecule is CC(C)(C)CC(C)(C)c1cc(Br)c(O)c([N+](=O)[O-])c1. The summed E-state index contributed by atoms with van der Waals surface area (Å²) in [6.07, 6.45) is 0.883. The third-order valence-electron chi connectivity index (χ3n) is 2.99. The summed E-state index contributed by atoms with van der Waals surface area (Å²) < 4.78 is 0.360. The molecule has 1 aromatic carbocycles. The zero-order valence-electron chi connectivity index (χ0n) is 12.0. The molecule has 4 nitrogen and oxygen atoms in total. The van der Waals surface area contributed by atoms with Gasteiger partial charge in [-0.15, -0.1) is 0 Å². The first-order valence-electron chi connectivity index (χ1n) is 6.11. The van der Waals surface area contributed by atoms with Gasteiger partial charge in [0.15, 0.2) is 0 Å². The van der Waals surface area contributed by atoms with Gasteiger partial charge in [-0.05, 0) is 44.8 Å². The van der Waals surface area contributed by atoms with Gasteiger partial charge in [0.2, 0.25) is 5.75 Å². The molecule has 0 heterocycles. The minimum atomic E-state index is -0.559. The van der Waals surface area contributed by atoms with E-state index in [1.807, 2.05) is 0 Å². The molecule has 0 saturated carbocycles. The largest absolute Gasteiger partial charge is 0.501 e. The molecule has 0 fully saturated rings. The quantitative estimate of drug-likeness (QED) is 0.641. The highest BCUT2D eigenvalue weighted by molar-refractivity contribution is 9.10. The van der Waals surface area contributed by atoms with E-state index in [1.165, 1.54) is 6.07 Å². The lowest BCUT2D eigenvalue weighted by Gasteiger charge is -2.33. The number of halogens is 1. The molecule has 0 unspecified atom stereocenters. The first-order valence-corrected chi connectivity index (χ1v) is 6.91. The molecule has 1 N–H and O–H groups in total. The van der Waals surface area contributed by atoms with Gasteiger partial charge in [0.05, 0.1) is 9.40 Å². The number of benzene rings is 1. The van der Waals surface area contributed by atoms with Crippen LogP contribution in [0.4, 0.5) is 5.69 Å². The second-order valence-electron chi connectivity index (χ2n) is 6.70. The topological polar surface area (TPSA) is 63.4 Å². The zero-order valence-corrected chi connectivity index (χ0v) is 13.5. The van der Waals surface area contributed by atoms with E-state index in [9.17, 15) is 15.2 Å². The van der Waals surface area contributed by atoms with Crippen LogP contribution in [0.3, 0.4) is 0 Å². The van der Waals surface area contributed by atoms with Crippen molar-refractivity contribution >= 4 is 21.6 Å². The van der Waals surface area contributed by atoms with E-state index in [0.29, 0.717) is 4.47 Å². The molecule has 1 aromatic rings. The number of phenolic OH excluding ortho intramolecular Hbond substituents is 1. The minimum Gasteiger partial charge on any atom is -0.501 e. The van der Waals surface area contributed by atoms with Crippen LogP contribution in [0.15, 0.2) is 16.6 Å². The molecule has 0 bridgehead atoms. The van der Waals surface area contributed by atoms with Crippen molar-refractivity contribution in [1.29, 1.82) is 0 Å². The van der Waals surface area contributed by atoms with E-state index in [1.54, 1.807) is 6.07 Å². The number of hydrogen-bond acceptors (Lipinski definition) is 3. The third-order valence-corrected chi connectivity index (χ3v) is 3.60. The van der Waals surface area contributed by atoms with Crippen LogP contribution < -0.4 is 0 Å². The van der Waals surface area contributed by atoms with Gasteiger partial charge >= 0.3 is 5.69 Å². The van der Waals surface area contributed by atoms with Gasteiger partial charge in [-0.25, -0.2) is 0 Å². The summed E-state index contributed by atoms with van der Waals surface area (Å²) in [7, 11) is 0. The summed E-state index contributed by atoms with van der Waals surface area (Å²) in [5.74, 6) is -0.319. The molecule has 0 aliphatic carbocycles. The standard InChI is InChI=1S/C14H20BrNO3/c1-13(2,3)8-14(4,5)9-6-10(15)12(17)11(7-9)16(18)19/h6-7,17H,8H2,1-5H3. The first-order chi connectivity index (χ1) is 8.44.